The van der Waals surface area contributed by atoms with Crippen LogP contribution in [-0.2, 0) is 21.9 Å². The first kappa shape index (κ1) is 18.3. The van der Waals surface area contributed by atoms with E-state index in [4.69, 9.17) is 0 Å². The Morgan fingerprint density at radius 3 is 2.68 bits per heavy atom. The summed E-state index contributed by atoms with van der Waals surface area (Å²) in [5, 5.41) is 0. The highest BCUT2D eigenvalue weighted by Gasteiger charge is 2.34. The summed E-state index contributed by atoms with van der Waals surface area (Å²) in [5.74, 6) is -0.373. The highest BCUT2D eigenvalue weighted by atomic mass is 32.2. The van der Waals surface area contributed by atoms with Crippen LogP contribution < -0.4 is 4.80 Å². The van der Waals surface area contributed by atoms with E-state index < -0.39 is 16.1 Å². The van der Waals surface area contributed by atoms with Crippen LogP contribution in [-0.4, -0.2) is 42.0 Å². The van der Waals surface area contributed by atoms with Gasteiger partial charge in [-0.05, 0) is 43.9 Å². The first-order chi connectivity index (χ1) is 11.7. The Morgan fingerprint density at radius 2 is 2.00 bits per heavy atom. The Bertz CT molecular complexity index is 1000. The number of hydrogen-bond donors (Lipinski definition) is 0. The molecule has 1 aromatic carbocycles. The predicted molar refractivity (Wildman–Crippen MR) is 100 cm³/mol. The van der Waals surface area contributed by atoms with Gasteiger partial charge in [0.25, 0.3) is 5.91 Å². The van der Waals surface area contributed by atoms with Crippen LogP contribution in [0.1, 0.15) is 30.4 Å². The number of fused-ring (bicyclic) bond motifs is 1. The van der Waals surface area contributed by atoms with Gasteiger partial charge in [0.1, 0.15) is 6.04 Å². The van der Waals surface area contributed by atoms with E-state index in [-0.39, 0.29) is 5.91 Å². The number of thiazole rings is 1. The SMILES string of the molecule is Cc1cc(C)c2c(c1)sc(=NC(=O)C1CCCCN1S(C)(=O)=O)n2C. The summed E-state index contributed by atoms with van der Waals surface area (Å²) >= 11 is 1.46. The second-order valence-corrected chi connectivity index (χ2v) is 9.65. The lowest BCUT2D eigenvalue weighted by Crippen LogP contribution is -2.47. The molecule has 1 fully saturated rings. The fourth-order valence-corrected chi connectivity index (χ4v) is 5.82. The molecule has 25 heavy (non-hydrogen) atoms. The van der Waals surface area contributed by atoms with Crippen LogP contribution in [0.2, 0.25) is 0 Å². The molecule has 0 aliphatic carbocycles. The number of aromatic nitrogens is 1. The molecule has 6 nitrogen and oxygen atoms in total. The van der Waals surface area contributed by atoms with Gasteiger partial charge in [0.2, 0.25) is 10.0 Å². The number of amides is 1. The minimum atomic E-state index is -3.41. The molecule has 3 rings (SSSR count). The van der Waals surface area contributed by atoms with Gasteiger partial charge < -0.3 is 4.57 Å². The molecule has 1 aromatic heterocycles. The molecule has 0 N–H and O–H groups in total. The van der Waals surface area contributed by atoms with E-state index in [2.05, 4.69) is 17.1 Å². The van der Waals surface area contributed by atoms with E-state index >= 15 is 0 Å². The third-order valence-electron chi connectivity index (χ3n) is 4.60. The Morgan fingerprint density at radius 1 is 1.28 bits per heavy atom. The number of nitrogens with zero attached hydrogens (tertiary/aromatic N) is 3. The smallest absolute Gasteiger partial charge is 0.266 e. The number of benzene rings is 1. The molecule has 2 heterocycles. The summed E-state index contributed by atoms with van der Waals surface area (Å²) in [4.78, 5) is 17.6. The topological polar surface area (TPSA) is 71.7 Å². The average Bonchev–Trinajstić information content (AvgIpc) is 2.82. The molecule has 1 saturated heterocycles. The van der Waals surface area contributed by atoms with Gasteiger partial charge in [0.05, 0.1) is 16.5 Å². The van der Waals surface area contributed by atoms with E-state index in [1.54, 1.807) is 0 Å². The molecular weight excluding hydrogens is 358 g/mol. The third-order valence-corrected chi connectivity index (χ3v) is 6.97. The number of carbonyl (C=O) groups excluding carboxylic acids is 1. The third kappa shape index (κ3) is 3.56. The summed E-state index contributed by atoms with van der Waals surface area (Å²) in [6, 6.07) is 3.50. The van der Waals surface area contributed by atoms with Crippen molar-refractivity contribution in [3.05, 3.63) is 28.1 Å². The van der Waals surface area contributed by atoms with E-state index in [1.807, 2.05) is 25.5 Å². The van der Waals surface area contributed by atoms with Crippen molar-refractivity contribution in [2.75, 3.05) is 12.8 Å². The highest BCUT2D eigenvalue weighted by Crippen LogP contribution is 2.23. The summed E-state index contributed by atoms with van der Waals surface area (Å²) in [7, 11) is -1.52. The lowest BCUT2D eigenvalue weighted by Gasteiger charge is -2.31. The van der Waals surface area contributed by atoms with Crippen molar-refractivity contribution in [3.63, 3.8) is 0 Å². The van der Waals surface area contributed by atoms with E-state index in [9.17, 15) is 13.2 Å². The van der Waals surface area contributed by atoms with Crippen molar-refractivity contribution >= 4 is 37.5 Å². The number of hydrogen-bond acceptors (Lipinski definition) is 4. The Kier molecular flexibility index (Phi) is 4.87. The zero-order valence-electron chi connectivity index (χ0n) is 14.9. The molecule has 8 heteroatoms. The van der Waals surface area contributed by atoms with E-state index in [0.29, 0.717) is 17.8 Å². The lowest BCUT2D eigenvalue weighted by molar-refractivity contribution is -0.122. The lowest BCUT2D eigenvalue weighted by atomic mass is 10.0. The first-order valence-corrected chi connectivity index (χ1v) is 11.0. The van der Waals surface area contributed by atoms with Crippen molar-refractivity contribution in [2.45, 2.75) is 39.2 Å². The fourth-order valence-electron chi connectivity index (χ4n) is 3.51. The monoisotopic (exact) mass is 381 g/mol. The van der Waals surface area contributed by atoms with Gasteiger partial charge >= 0.3 is 0 Å². The highest BCUT2D eigenvalue weighted by molar-refractivity contribution is 7.88. The Hall–Kier alpha value is -1.51. The molecule has 1 aliphatic rings. The molecule has 0 saturated carbocycles. The van der Waals surface area contributed by atoms with Crippen LogP contribution in [0.25, 0.3) is 10.2 Å². The maximum absolute atomic E-state index is 12.7. The van der Waals surface area contributed by atoms with Crippen molar-refractivity contribution < 1.29 is 13.2 Å². The van der Waals surface area contributed by atoms with E-state index in [0.717, 1.165) is 34.9 Å². The normalized spacial score (nSPS) is 20.3. The van der Waals surface area contributed by atoms with Crippen LogP contribution in [0, 0.1) is 13.8 Å². The van der Waals surface area contributed by atoms with Gasteiger partial charge in [-0.3, -0.25) is 4.79 Å². The number of carbonyl (C=O) groups is 1. The average molecular weight is 382 g/mol. The predicted octanol–water partition coefficient (Wildman–Crippen LogP) is 2.10. The van der Waals surface area contributed by atoms with Gasteiger partial charge in [-0.25, -0.2) is 8.42 Å². The molecule has 0 spiro atoms. The van der Waals surface area contributed by atoms with E-state index in [1.165, 1.54) is 21.2 Å². The maximum Gasteiger partial charge on any atom is 0.266 e. The summed E-state index contributed by atoms with van der Waals surface area (Å²) in [6.07, 6.45) is 3.31. The van der Waals surface area contributed by atoms with Crippen molar-refractivity contribution in [1.82, 2.24) is 8.87 Å². The van der Waals surface area contributed by atoms with Crippen molar-refractivity contribution in [2.24, 2.45) is 12.0 Å². The van der Waals surface area contributed by atoms with Crippen LogP contribution in [0.5, 0.6) is 0 Å². The fraction of sp³-hybridized carbons (Fsp3) is 0.529. The molecule has 0 bridgehead atoms. The second kappa shape index (κ2) is 6.66. The number of piperidine rings is 1. The first-order valence-electron chi connectivity index (χ1n) is 8.30. The van der Waals surface area contributed by atoms with Gasteiger partial charge in [-0.2, -0.15) is 9.30 Å². The molecule has 1 atom stereocenters. The van der Waals surface area contributed by atoms with Gasteiger partial charge in [-0.1, -0.05) is 23.8 Å². The molecule has 1 unspecified atom stereocenters. The summed E-state index contributed by atoms with van der Waals surface area (Å²) in [5.41, 5.74) is 3.36. The molecule has 2 aromatic rings. The zero-order chi connectivity index (χ0) is 18.4. The number of sulfonamides is 1. The maximum atomic E-state index is 12.7. The molecule has 0 radical (unpaired) electrons. The standard InChI is InChI=1S/C17H23N3O3S2/c1-11-9-12(2)15-14(10-11)24-17(19(15)3)18-16(21)13-7-5-6-8-20(13)25(4,22)23/h9-10,13H,5-8H2,1-4H3. The minimum Gasteiger partial charge on any atom is -0.319 e. The Labute approximate surface area is 151 Å². The van der Waals surface area contributed by atoms with Gasteiger partial charge in [-0.15, -0.1) is 0 Å². The number of aryl methyl sites for hydroxylation is 3. The zero-order valence-corrected chi connectivity index (χ0v) is 16.6. The van der Waals surface area contributed by atoms with Crippen LogP contribution in [0.3, 0.4) is 0 Å². The molecule has 1 aliphatic heterocycles. The van der Waals surface area contributed by atoms with Crippen LogP contribution >= 0.6 is 11.3 Å². The minimum absolute atomic E-state index is 0.373. The largest absolute Gasteiger partial charge is 0.319 e. The molecule has 136 valence electrons. The Balaban J connectivity index is 2.05. The summed E-state index contributed by atoms with van der Waals surface area (Å²) in [6.45, 7) is 4.47. The summed E-state index contributed by atoms with van der Waals surface area (Å²) < 4.78 is 28.2. The molecule has 1 amide bonds. The molecular formula is C17H23N3O3S2. The second-order valence-electron chi connectivity index (χ2n) is 6.71. The van der Waals surface area contributed by atoms with Crippen molar-refractivity contribution in [1.29, 1.82) is 0 Å². The van der Waals surface area contributed by atoms with Crippen molar-refractivity contribution in [3.8, 4) is 0 Å². The van der Waals surface area contributed by atoms with Gasteiger partial charge in [0, 0.05) is 13.6 Å². The van der Waals surface area contributed by atoms with Crippen LogP contribution in [0.4, 0.5) is 0 Å². The van der Waals surface area contributed by atoms with Gasteiger partial charge in [0.15, 0.2) is 4.80 Å². The van der Waals surface area contributed by atoms with Crippen LogP contribution in [0.15, 0.2) is 17.1 Å². The quantitative estimate of drug-likeness (QED) is 0.800. The number of rotatable bonds is 2.